The fourth-order valence-corrected chi connectivity index (χ4v) is 4.77. The number of rotatable bonds is 5. The van der Waals surface area contributed by atoms with Gasteiger partial charge in [0.25, 0.3) is 5.91 Å². The first-order valence-corrected chi connectivity index (χ1v) is 11.7. The molecule has 7 heteroatoms. The van der Waals surface area contributed by atoms with E-state index in [-0.39, 0.29) is 36.3 Å². The maximum absolute atomic E-state index is 13.9. The molecular weight excluding hydrogens is 447 g/mol. The highest BCUT2D eigenvalue weighted by Gasteiger charge is 2.35. The number of carbonyl (C=O) groups is 2. The van der Waals surface area contributed by atoms with Gasteiger partial charge in [0, 0.05) is 31.1 Å². The normalized spacial score (nSPS) is 18.9. The molecule has 5 rings (SSSR count). The minimum Gasteiger partial charge on any atom is -0.454 e. The zero-order valence-corrected chi connectivity index (χ0v) is 19.5. The quantitative estimate of drug-likeness (QED) is 0.594. The highest BCUT2D eigenvalue weighted by Crippen LogP contribution is 2.34. The van der Waals surface area contributed by atoms with Crippen LogP contribution >= 0.6 is 0 Å². The molecule has 2 unspecified atom stereocenters. The third kappa shape index (κ3) is 4.99. The highest BCUT2D eigenvalue weighted by molar-refractivity contribution is 5.94. The molecule has 0 aliphatic carbocycles. The van der Waals surface area contributed by atoms with Crippen LogP contribution in [0.5, 0.6) is 11.5 Å². The second-order valence-corrected chi connectivity index (χ2v) is 9.12. The molecule has 3 aromatic rings. The van der Waals surface area contributed by atoms with Crippen molar-refractivity contribution in [1.29, 1.82) is 0 Å². The number of halogens is 1. The summed E-state index contributed by atoms with van der Waals surface area (Å²) < 4.78 is 24.7. The Balaban J connectivity index is 1.34. The number of hydrogen-bond acceptors (Lipinski definition) is 4. The lowest BCUT2D eigenvalue weighted by Gasteiger charge is -2.37. The summed E-state index contributed by atoms with van der Waals surface area (Å²) in [6.45, 7) is 3.08. The van der Waals surface area contributed by atoms with Gasteiger partial charge in [0.15, 0.2) is 11.5 Å². The number of hydrogen-bond donors (Lipinski definition) is 1. The lowest BCUT2D eigenvalue weighted by Crippen LogP contribution is -2.48. The molecule has 0 saturated carbocycles. The van der Waals surface area contributed by atoms with Crippen LogP contribution < -0.4 is 14.8 Å². The Morgan fingerprint density at radius 2 is 1.80 bits per heavy atom. The van der Waals surface area contributed by atoms with E-state index in [0.717, 1.165) is 11.1 Å². The molecule has 0 bridgehead atoms. The maximum Gasteiger partial charge on any atom is 0.253 e. The molecular formula is C28H27FN2O4. The topological polar surface area (TPSA) is 67.9 Å². The molecule has 1 N–H and O–H groups in total. The number of fused-ring (bicyclic) bond motifs is 1. The standard InChI is InChI=1S/C28H27FN2O4/c1-18-11-21(8-9-24(18)29)22-13-23(16-31(15-22)28(33)20-5-3-2-4-6-20)27(32)30-14-19-7-10-25-26(12-19)35-17-34-25/h2-12,22-23H,13-17H2,1H3,(H,30,32). The second kappa shape index (κ2) is 9.78. The molecule has 1 saturated heterocycles. The average Bonchev–Trinajstić information content (AvgIpc) is 3.36. The Labute approximate surface area is 203 Å². The van der Waals surface area contributed by atoms with Crippen molar-refractivity contribution in [2.75, 3.05) is 19.9 Å². The fraction of sp³-hybridized carbons (Fsp3) is 0.286. The van der Waals surface area contributed by atoms with E-state index in [0.29, 0.717) is 48.7 Å². The van der Waals surface area contributed by atoms with Crippen molar-refractivity contribution in [3.8, 4) is 11.5 Å². The first-order chi connectivity index (χ1) is 17.0. The van der Waals surface area contributed by atoms with Crippen LogP contribution in [0.25, 0.3) is 0 Å². The summed E-state index contributed by atoms with van der Waals surface area (Å²) in [7, 11) is 0. The van der Waals surface area contributed by atoms with Gasteiger partial charge in [-0.05, 0) is 60.4 Å². The Bertz CT molecular complexity index is 1250. The highest BCUT2D eigenvalue weighted by atomic mass is 19.1. The Morgan fingerprint density at radius 1 is 1.00 bits per heavy atom. The van der Waals surface area contributed by atoms with Crippen LogP contribution in [-0.4, -0.2) is 36.6 Å². The molecule has 2 amide bonds. The number of likely N-dealkylation sites (tertiary alicyclic amines) is 1. The van der Waals surface area contributed by atoms with Gasteiger partial charge in [0.05, 0.1) is 5.92 Å². The Kier molecular flexibility index (Phi) is 6.40. The number of amides is 2. The third-order valence-corrected chi connectivity index (χ3v) is 6.69. The fourth-order valence-electron chi connectivity index (χ4n) is 4.77. The lowest BCUT2D eigenvalue weighted by atomic mass is 9.83. The van der Waals surface area contributed by atoms with Crippen LogP contribution in [0.15, 0.2) is 66.7 Å². The maximum atomic E-state index is 13.9. The van der Waals surface area contributed by atoms with E-state index in [9.17, 15) is 14.0 Å². The van der Waals surface area contributed by atoms with Crippen LogP contribution in [0.4, 0.5) is 4.39 Å². The van der Waals surface area contributed by atoms with Gasteiger partial charge >= 0.3 is 0 Å². The van der Waals surface area contributed by atoms with E-state index < -0.39 is 0 Å². The summed E-state index contributed by atoms with van der Waals surface area (Å²) in [6.07, 6.45) is 0.580. The van der Waals surface area contributed by atoms with E-state index in [2.05, 4.69) is 5.32 Å². The van der Waals surface area contributed by atoms with Crippen LogP contribution in [0.2, 0.25) is 0 Å². The third-order valence-electron chi connectivity index (χ3n) is 6.69. The van der Waals surface area contributed by atoms with Crippen molar-refractivity contribution in [2.24, 2.45) is 5.92 Å². The van der Waals surface area contributed by atoms with Gasteiger partial charge in [-0.1, -0.05) is 36.4 Å². The van der Waals surface area contributed by atoms with Crippen LogP contribution in [-0.2, 0) is 11.3 Å². The van der Waals surface area contributed by atoms with E-state index in [1.54, 1.807) is 30.0 Å². The van der Waals surface area contributed by atoms with Gasteiger partial charge in [-0.2, -0.15) is 0 Å². The molecule has 35 heavy (non-hydrogen) atoms. The second-order valence-electron chi connectivity index (χ2n) is 9.12. The largest absolute Gasteiger partial charge is 0.454 e. The minimum atomic E-state index is -0.388. The summed E-state index contributed by atoms with van der Waals surface area (Å²) in [4.78, 5) is 28.2. The number of benzene rings is 3. The number of piperidine rings is 1. The molecule has 2 aliphatic rings. The molecule has 2 aliphatic heterocycles. The van der Waals surface area contributed by atoms with Crippen molar-refractivity contribution in [3.05, 3.63) is 94.8 Å². The summed E-state index contributed by atoms with van der Waals surface area (Å²) in [5.41, 5.74) is 2.98. The zero-order valence-electron chi connectivity index (χ0n) is 19.5. The molecule has 0 radical (unpaired) electrons. The number of nitrogens with zero attached hydrogens (tertiary/aromatic N) is 1. The SMILES string of the molecule is Cc1cc(C2CC(C(=O)NCc3ccc4c(c3)OCO4)CN(C(=O)c3ccccc3)C2)ccc1F. The van der Waals surface area contributed by atoms with Gasteiger partial charge in [-0.3, -0.25) is 9.59 Å². The summed E-state index contributed by atoms with van der Waals surface area (Å²) in [5.74, 6) is 0.415. The van der Waals surface area contributed by atoms with Crippen molar-refractivity contribution in [1.82, 2.24) is 10.2 Å². The number of carbonyl (C=O) groups excluding carboxylic acids is 2. The van der Waals surface area contributed by atoms with Crippen molar-refractivity contribution >= 4 is 11.8 Å². The predicted molar refractivity (Wildman–Crippen MR) is 129 cm³/mol. The number of ether oxygens (including phenoxy) is 2. The zero-order chi connectivity index (χ0) is 24.4. The molecule has 2 atom stereocenters. The first kappa shape index (κ1) is 22.9. The average molecular weight is 475 g/mol. The van der Waals surface area contributed by atoms with Crippen LogP contribution in [0.1, 0.15) is 39.4 Å². The predicted octanol–water partition coefficient (Wildman–Crippen LogP) is 4.43. The summed E-state index contributed by atoms with van der Waals surface area (Å²) in [5, 5.41) is 3.02. The smallest absolute Gasteiger partial charge is 0.253 e. The van der Waals surface area contributed by atoms with Gasteiger partial charge in [0.1, 0.15) is 5.82 Å². The van der Waals surface area contributed by atoms with E-state index >= 15 is 0 Å². The lowest BCUT2D eigenvalue weighted by molar-refractivity contribution is -0.126. The van der Waals surface area contributed by atoms with Gasteiger partial charge in [-0.25, -0.2) is 4.39 Å². The van der Waals surface area contributed by atoms with Crippen molar-refractivity contribution in [2.45, 2.75) is 25.8 Å². The van der Waals surface area contributed by atoms with Gasteiger partial charge in [-0.15, -0.1) is 0 Å². The number of nitrogens with one attached hydrogen (secondary N) is 1. The van der Waals surface area contributed by atoms with Crippen molar-refractivity contribution < 1.29 is 23.5 Å². The molecule has 180 valence electrons. The van der Waals surface area contributed by atoms with Crippen molar-refractivity contribution in [3.63, 3.8) is 0 Å². The molecule has 0 aromatic heterocycles. The van der Waals surface area contributed by atoms with Gasteiger partial charge in [0.2, 0.25) is 12.7 Å². The van der Waals surface area contributed by atoms with Crippen LogP contribution in [0.3, 0.4) is 0 Å². The summed E-state index contributed by atoms with van der Waals surface area (Å²) >= 11 is 0. The first-order valence-electron chi connectivity index (χ1n) is 11.7. The molecule has 1 fully saturated rings. The molecule has 2 heterocycles. The number of aryl methyl sites for hydroxylation is 1. The van der Waals surface area contributed by atoms with E-state index in [1.165, 1.54) is 6.07 Å². The van der Waals surface area contributed by atoms with Gasteiger partial charge < -0.3 is 19.7 Å². The van der Waals surface area contributed by atoms with Crippen LogP contribution in [0, 0.1) is 18.7 Å². The molecule has 3 aromatic carbocycles. The molecule has 6 nitrogen and oxygen atoms in total. The van der Waals surface area contributed by atoms with E-state index in [1.807, 2.05) is 42.5 Å². The Morgan fingerprint density at radius 3 is 2.60 bits per heavy atom. The van der Waals surface area contributed by atoms with E-state index in [4.69, 9.17) is 9.47 Å². The minimum absolute atomic E-state index is 0.0722. The monoisotopic (exact) mass is 474 g/mol. The Hall–Kier alpha value is -3.87. The summed E-state index contributed by atoms with van der Waals surface area (Å²) in [6, 6.07) is 19.7. The molecule has 0 spiro atoms.